The maximum atomic E-state index is 12.8. The van der Waals surface area contributed by atoms with Gasteiger partial charge in [0.2, 0.25) is 5.91 Å². The van der Waals surface area contributed by atoms with Crippen molar-refractivity contribution in [3.8, 4) is 0 Å². The van der Waals surface area contributed by atoms with Gasteiger partial charge >= 0.3 is 0 Å². The van der Waals surface area contributed by atoms with E-state index in [0.29, 0.717) is 24.0 Å². The lowest BCUT2D eigenvalue weighted by Crippen LogP contribution is -2.39. The summed E-state index contributed by atoms with van der Waals surface area (Å²) < 4.78 is 0. The van der Waals surface area contributed by atoms with Gasteiger partial charge in [-0.25, -0.2) is 0 Å². The summed E-state index contributed by atoms with van der Waals surface area (Å²) in [6, 6.07) is 9.16. The van der Waals surface area contributed by atoms with Crippen molar-refractivity contribution in [3.05, 3.63) is 57.3 Å². The summed E-state index contributed by atoms with van der Waals surface area (Å²) in [5.74, 6) is -0.402. The van der Waals surface area contributed by atoms with E-state index < -0.39 is 0 Å². The standard InChI is InChI=1S/C21H22N2O3S/c1-2-17-16-10-13-27-18(16)9-12-22(17)19(24)8-5-11-23-20(25)14-6-3-4-7-15(14)21(23)26/h3-4,6-7,10,13,17H,2,5,8-9,11-12H2,1H3. The Morgan fingerprint density at radius 3 is 2.52 bits per heavy atom. The van der Waals surface area contributed by atoms with Crippen LogP contribution < -0.4 is 0 Å². The Labute approximate surface area is 162 Å². The summed E-state index contributed by atoms with van der Waals surface area (Å²) in [4.78, 5) is 42.2. The molecular formula is C21H22N2O3S. The van der Waals surface area contributed by atoms with Gasteiger partial charge in [0.25, 0.3) is 11.8 Å². The third kappa shape index (κ3) is 3.08. The molecule has 5 nitrogen and oxygen atoms in total. The minimum absolute atomic E-state index is 0.107. The number of rotatable bonds is 5. The maximum absolute atomic E-state index is 12.8. The molecule has 3 amide bonds. The van der Waals surface area contributed by atoms with Gasteiger partial charge in [-0.3, -0.25) is 19.3 Å². The Kier molecular flexibility index (Phi) is 4.83. The van der Waals surface area contributed by atoms with E-state index in [-0.39, 0.29) is 30.3 Å². The summed E-state index contributed by atoms with van der Waals surface area (Å²) in [5, 5.41) is 2.10. The lowest BCUT2D eigenvalue weighted by Gasteiger charge is -2.35. The van der Waals surface area contributed by atoms with Gasteiger partial charge in [-0.1, -0.05) is 19.1 Å². The molecule has 27 heavy (non-hydrogen) atoms. The van der Waals surface area contributed by atoms with Crippen molar-refractivity contribution in [1.82, 2.24) is 9.80 Å². The van der Waals surface area contributed by atoms with Gasteiger partial charge in [0, 0.05) is 24.4 Å². The van der Waals surface area contributed by atoms with Crippen LogP contribution in [0.5, 0.6) is 0 Å². The number of amides is 3. The average molecular weight is 382 g/mol. The van der Waals surface area contributed by atoms with Crippen molar-refractivity contribution in [1.29, 1.82) is 0 Å². The van der Waals surface area contributed by atoms with Crippen molar-refractivity contribution in [2.75, 3.05) is 13.1 Å². The van der Waals surface area contributed by atoms with Gasteiger partial charge in [-0.05, 0) is 48.4 Å². The third-order valence-electron chi connectivity index (χ3n) is 5.45. The van der Waals surface area contributed by atoms with E-state index >= 15 is 0 Å². The minimum Gasteiger partial charge on any atom is -0.335 e. The van der Waals surface area contributed by atoms with Gasteiger partial charge in [0.05, 0.1) is 17.2 Å². The van der Waals surface area contributed by atoms with Crippen LogP contribution >= 0.6 is 11.3 Å². The highest BCUT2D eigenvalue weighted by atomic mass is 32.1. The van der Waals surface area contributed by atoms with E-state index in [0.717, 1.165) is 19.4 Å². The van der Waals surface area contributed by atoms with E-state index in [1.165, 1.54) is 15.3 Å². The first kappa shape index (κ1) is 17.9. The second-order valence-electron chi connectivity index (χ2n) is 6.97. The number of hydrogen-bond donors (Lipinski definition) is 0. The molecule has 1 atom stereocenters. The van der Waals surface area contributed by atoms with Crippen molar-refractivity contribution in [2.45, 2.75) is 38.6 Å². The highest BCUT2D eigenvalue weighted by Gasteiger charge is 2.35. The van der Waals surface area contributed by atoms with Crippen LogP contribution in [0.15, 0.2) is 35.7 Å². The first-order chi connectivity index (χ1) is 13.1. The first-order valence-electron chi connectivity index (χ1n) is 9.42. The average Bonchev–Trinajstić information content (AvgIpc) is 3.26. The quantitative estimate of drug-likeness (QED) is 0.742. The normalized spacial score (nSPS) is 18.6. The van der Waals surface area contributed by atoms with Crippen LogP contribution in [0, 0.1) is 0 Å². The molecule has 0 fully saturated rings. The fraction of sp³-hybridized carbons (Fsp3) is 0.381. The van der Waals surface area contributed by atoms with E-state index in [4.69, 9.17) is 0 Å². The lowest BCUT2D eigenvalue weighted by molar-refractivity contribution is -0.134. The largest absolute Gasteiger partial charge is 0.335 e. The van der Waals surface area contributed by atoms with Crippen molar-refractivity contribution in [2.24, 2.45) is 0 Å². The molecule has 0 saturated carbocycles. The molecule has 0 spiro atoms. The zero-order chi connectivity index (χ0) is 19.0. The number of carbonyl (C=O) groups excluding carboxylic acids is 3. The lowest BCUT2D eigenvalue weighted by atomic mass is 9.97. The number of hydrogen-bond acceptors (Lipinski definition) is 4. The first-order valence-corrected chi connectivity index (χ1v) is 10.3. The third-order valence-corrected chi connectivity index (χ3v) is 6.45. The zero-order valence-corrected chi connectivity index (χ0v) is 16.1. The van der Waals surface area contributed by atoms with Crippen molar-refractivity contribution >= 4 is 29.1 Å². The Morgan fingerprint density at radius 2 is 1.85 bits per heavy atom. The molecule has 0 bridgehead atoms. The summed E-state index contributed by atoms with van der Waals surface area (Å²) in [7, 11) is 0. The van der Waals surface area contributed by atoms with E-state index in [9.17, 15) is 14.4 Å². The molecule has 2 aliphatic heterocycles. The van der Waals surface area contributed by atoms with Gasteiger partial charge < -0.3 is 4.90 Å². The van der Waals surface area contributed by atoms with Crippen molar-refractivity contribution < 1.29 is 14.4 Å². The molecule has 0 N–H and O–H groups in total. The highest BCUT2D eigenvalue weighted by molar-refractivity contribution is 7.10. The number of thiophene rings is 1. The molecule has 2 aliphatic rings. The predicted molar refractivity (Wildman–Crippen MR) is 104 cm³/mol. The number of imide groups is 1. The van der Waals surface area contributed by atoms with Gasteiger partial charge in [0.1, 0.15) is 0 Å². The van der Waals surface area contributed by atoms with Gasteiger partial charge in [-0.2, -0.15) is 0 Å². The number of fused-ring (bicyclic) bond motifs is 2. The van der Waals surface area contributed by atoms with Gasteiger partial charge in [-0.15, -0.1) is 11.3 Å². The second-order valence-corrected chi connectivity index (χ2v) is 7.97. The Hall–Kier alpha value is -2.47. The van der Waals surface area contributed by atoms with Gasteiger partial charge in [0.15, 0.2) is 0 Å². The molecule has 3 heterocycles. The Balaban J connectivity index is 1.37. The number of carbonyl (C=O) groups is 3. The van der Waals surface area contributed by atoms with E-state index in [1.54, 1.807) is 35.6 Å². The molecule has 0 saturated heterocycles. The van der Waals surface area contributed by atoms with E-state index in [1.807, 2.05) is 4.90 Å². The van der Waals surface area contributed by atoms with Crippen LogP contribution in [-0.4, -0.2) is 40.6 Å². The summed E-state index contributed by atoms with van der Waals surface area (Å²) >= 11 is 1.77. The Morgan fingerprint density at radius 1 is 1.15 bits per heavy atom. The van der Waals surface area contributed by atoms with Crippen LogP contribution in [0.3, 0.4) is 0 Å². The molecule has 0 aliphatic carbocycles. The SMILES string of the molecule is CCC1c2ccsc2CCN1C(=O)CCCN1C(=O)c2ccccc2C1=O. The molecule has 1 unspecified atom stereocenters. The summed E-state index contributed by atoms with van der Waals surface area (Å²) in [5.41, 5.74) is 2.20. The fourth-order valence-electron chi connectivity index (χ4n) is 4.11. The molecule has 0 radical (unpaired) electrons. The highest BCUT2D eigenvalue weighted by Crippen LogP contribution is 2.35. The molecule has 140 valence electrons. The number of benzene rings is 1. The summed E-state index contributed by atoms with van der Waals surface area (Å²) in [6.45, 7) is 3.14. The topological polar surface area (TPSA) is 57.7 Å². The minimum atomic E-state index is -0.254. The second kappa shape index (κ2) is 7.27. The smallest absolute Gasteiger partial charge is 0.261 e. The maximum Gasteiger partial charge on any atom is 0.261 e. The Bertz CT molecular complexity index is 869. The monoisotopic (exact) mass is 382 g/mol. The molecular weight excluding hydrogens is 360 g/mol. The number of nitrogens with zero attached hydrogens (tertiary/aromatic N) is 2. The van der Waals surface area contributed by atoms with Crippen LogP contribution in [-0.2, 0) is 11.2 Å². The molecule has 1 aromatic heterocycles. The molecule has 1 aromatic carbocycles. The molecule has 6 heteroatoms. The predicted octanol–water partition coefficient (Wildman–Crippen LogP) is 3.66. The van der Waals surface area contributed by atoms with Crippen LogP contribution in [0.25, 0.3) is 0 Å². The zero-order valence-electron chi connectivity index (χ0n) is 15.3. The molecule has 4 rings (SSSR count). The molecule has 2 aromatic rings. The fourth-order valence-corrected chi connectivity index (χ4v) is 5.04. The van der Waals surface area contributed by atoms with Crippen LogP contribution in [0.4, 0.5) is 0 Å². The van der Waals surface area contributed by atoms with Crippen LogP contribution in [0.2, 0.25) is 0 Å². The van der Waals surface area contributed by atoms with Crippen molar-refractivity contribution in [3.63, 3.8) is 0 Å². The summed E-state index contributed by atoms with van der Waals surface area (Å²) in [6.07, 6.45) is 2.65. The van der Waals surface area contributed by atoms with Crippen LogP contribution in [0.1, 0.15) is 63.4 Å². The van der Waals surface area contributed by atoms with E-state index in [2.05, 4.69) is 18.4 Å².